The maximum absolute atomic E-state index is 13.6. The van der Waals surface area contributed by atoms with E-state index in [1.165, 1.54) is 24.3 Å². The molecule has 3 aromatic carbocycles. The molecule has 1 aliphatic rings. The summed E-state index contributed by atoms with van der Waals surface area (Å²) < 4.78 is 54.3. The first-order chi connectivity index (χ1) is 14.8. The highest BCUT2D eigenvalue weighted by Gasteiger charge is 2.42. The van der Waals surface area contributed by atoms with Crippen LogP contribution in [0.5, 0.6) is 0 Å². The topological polar surface area (TPSA) is 71.5 Å². The summed E-state index contributed by atoms with van der Waals surface area (Å²) in [5, 5.41) is -1.20. The molecular formula is C24H23NO4S2. The molecule has 0 aromatic heterocycles. The van der Waals surface area contributed by atoms with Crippen molar-refractivity contribution in [2.45, 2.75) is 21.1 Å². The van der Waals surface area contributed by atoms with E-state index in [2.05, 4.69) is 0 Å². The van der Waals surface area contributed by atoms with Crippen LogP contribution in [0.25, 0.3) is 0 Å². The van der Waals surface area contributed by atoms with Gasteiger partial charge in [0, 0.05) is 6.54 Å². The Morgan fingerprint density at radius 1 is 0.710 bits per heavy atom. The molecule has 0 aliphatic carbocycles. The molecular weight excluding hydrogens is 430 g/mol. The van der Waals surface area contributed by atoms with Crippen LogP contribution in [-0.2, 0) is 19.7 Å². The minimum Gasteiger partial charge on any atom is -0.294 e. The molecule has 0 bridgehead atoms. The highest BCUT2D eigenvalue weighted by molar-refractivity contribution is 7.98. The Bertz CT molecular complexity index is 1290. The fourth-order valence-corrected chi connectivity index (χ4v) is 7.84. The van der Waals surface area contributed by atoms with Crippen LogP contribution in [0.3, 0.4) is 0 Å². The summed E-state index contributed by atoms with van der Waals surface area (Å²) in [5.74, 6) is 0. The molecule has 4 rings (SSSR count). The van der Waals surface area contributed by atoms with Gasteiger partial charge in [0.1, 0.15) is 5.25 Å². The van der Waals surface area contributed by atoms with Crippen molar-refractivity contribution in [2.75, 3.05) is 13.6 Å². The van der Waals surface area contributed by atoms with Crippen molar-refractivity contribution < 1.29 is 16.8 Å². The Balaban J connectivity index is 1.91. The molecule has 0 spiro atoms. The molecule has 0 saturated heterocycles. The zero-order valence-corrected chi connectivity index (χ0v) is 18.6. The van der Waals surface area contributed by atoms with E-state index in [1.807, 2.05) is 42.3 Å². The number of rotatable bonds is 5. The molecule has 0 amide bonds. The van der Waals surface area contributed by atoms with Crippen molar-refractivity contribution in [3.8, 4) is 0 Å². The Morgan fingerprint density at radius 3 is 1.74 bits per heavy atom. The highest BCUT2D eigenvalue weighted by Crippen LogP contribution is 2.37. The lowest BCUT2D eigenvalue weighted by molar-refractivity contribution is 0.277. The van der Waals surface area contributed by atoms with E-state index in [9.17, 15) is 16.8 Å². The van der Waals surface area contributed by atoms with E-state index in [0.717, 1.165) is 5.56 Å². The third-order valence-corrected chi connectivity index (χ3v) is 9.68. The Hall–Kier alpha value is -2.74. The van der Waals surface area contributed by atoms with Crippen LogP contribution in [0.4, 0.5) is 0 Å². The Kier molecular flexibility index (Phi) is 5.83. The predicted octanol–water partition coefficient (Wildman–Crippen LogP) is 3.87. The molecule has 160 valence electrons. The van der Waals surface area contributed by atoms with E-state index in [4.69, 9.17) is 0 Å². The number of likely N-dealkylation sites (N-methyl/N-ethyl adjacent to an activating group) is 1. The first kappa shape index (κ1) is 21.5. The smallest absolute Gasteiger partial charge is 0.203 e. The van der Waals surface area contributed by atoms with Crippen molar-refractivity contribution in [3.63, 3.8) is 0 Å². The van der Waals surface area contributed by atoms with Gasteiger partial charge >= 0.3 is 0 Å². The number of hydrogen-bond acceptors (Lipinski definition) is 5. The van der Waals surface area contributed by atoms with Crippen LogP contribution < -0.4 is 0 Å². The van der Waals surface area contributed by atoms with Gasteiger partial charge in [0.2, 0.25) is 9.84 Å². The summed E-state index contributed by atoms with van der Waals surface area (Å²) in [6.07, 6.45) is 1.59. The minimum atomic E-state index is -4.01. The summed E-state index contributed by atoms with van der Waals surface area (Å²) in [7, 11) is -6.13. The fraction of sp³-hybridized carbons (Fsp3) is 0.167. The summed E-state index contributed by atoms with van der Waals surface area (Å²) in [4.78, 5) is 2.01. The average Bonchev–Trinajstić information content (AvgIpc) is 2.80. The number of nitrogens with zero attached hydrogens (tertiary/aromatic N) is 1. The molecule has 0 saturated carbocycles. The van der Waals surface area contributed by atoms with Gasteiger partial charge < -0.3 is 0 Å². The van der Waals surface area contributed by atoms with E-state index >= 15 is 0 Å². The third-order valence-electron chi connectivity index (χ3n) is 5.52. The van der Waals surface area contributed by atoms with Crippen LogP contribution in [0.1, 0.15) is 11.6 Å². The van der Waals surface area contributed by atoms with Crippen LogP contribution >= 0.6 is 0 Å². The molecule has 0 N–H and O–H groups in total. The van der Waals surface area contributed by atoms with Gasteiger partial charge in [0.15, 0.2) is 9.84 Å². The summed E-state index contributed by atoms with van der Waals surface area (Å²) >= 11 is 0. The van der Waals surface area contributed by atoms with Crippen molar-refractivity contribution in [1.82, 2.24) is 4.90 Å². The number of hydrogen-bond donors (Lipinski definition) is 0. The first-order valence-corrected chi connectivity index (χ1v) is 12.9. The van der Waals surface area contributed by atoms with Crippen LogP contribution in [0, 0.1) is 0 Å². The van der Waals surface area contributed by atoms with Crippen molar-refractivity contribution >= 4 is 19.7 Å². The lowest BCUT2D eigenvalue weighted by atomic mass is 10.0. The van der Waals surface area contributed by atoms with Crippen molar-refractivity contribution in [3.05, 3.63) is 108 Å². The summed E-state index contributed by atoms with van der Waals surface area (Å²) in [6, 6.07) is 25.2. The molecule has 1 aliphatic heterocycles. The fourth-order valence-electron chi connectivity index (χ4n) is 3.88. The molecule has 0 radical (unpaired) electrons. The molecule has 0 unspecified atom stereocenters. The van der Waals surface area contributed by atoms with Gasteiger partial charge in [0.05, 0.1) is 20.7 Å². The monoisotopic (exact) mass is 453 g/mol. The van der Waals surface area contributed by atoms with E-state index in [-0.39, 0.29) is 27.3 Å². The van der Waals surface area contributed by atoms with Crippen molar-refractivity contribution in [2.24, 2.45) is 0 Å². The van der Waals surface area contributed by atoms with Gasteiger partial charge in [-0.3, -0.25) is 4.90 Å². The Morgan fingerprint density at radius 2 is 1.19 bits per heavy atom. The van der Waals surface area contributed by atoms with Gasteiger partial charge in [-0.1, -0.05) is 66.7 Å². The Labute approximate surface area is 183 Å². The van der Waals surface area contributed by atoms with Gasteiger partial charge in [0.25, 0.3) is 0 Å². The number of sulfone groups is 2. The predicted molar refractivity (Wildman–Crippen MR) is 121 cm³/mol. The second kappa shape index (κ2) is 8.42. The van der Waals surface area contributed by atoms with E-state index in [1.54, 1.807) is 42.5 Å². The van der Waals surface area contributed by atoms with Gasteiger partial charge in [-0.25, -0.2) is 16.8 Å². The lowest BCUT2D eigenvalue weighted by Crippen LogP contribution is -2.43. The highest BCUT2D eigenvalue weighted by atomic mass is 32.2. The molecule has 7 heteroatoms. The third kappa shape index (κ3) is 4.08. The molecule has 0 fully saturated rings. The normalized spacial score (nSPS) is 20.2. The number of benzene rings is 3. The standard InChI is InChI=1S/C24H23NO4S2/c1-25-18-24(31(28,29)21-15-9-4-10-16-21)23(17-22(25)19-11-5-2-6-12-19)30(26,27)20-13-7-3-8-14-20/h2-17,22,24H,18H2,1H3/t22-,24+/m1/s1. The largest absolute Gasteiger partial charge is 0.294 e. The SMILES string of the molecule is CN1C[C@H](S(=O)(=O)c2ccccc2)C(S(=O)(=O)c2ccccc2)=C[C@@H]1c1ccccc1. The zero-order valence-electron chi connectivity index (χ0n) is 17.0. The lowest BCUT2D eigenvalue weighted by Gasteiger charge is -2.36. The maximum Gasteiger partial charge on any atom is 0.203 e. The van der Waals surface area contributed by atoms with Crippen LogP contribution in [0.15, 0.2) is 112 Å². The summed E-state index contributed by atoms with van der Waals surface area (Å²) in [5.41, 5.74) is 0.904. The van der Waals surface area contributed by atoms with E-state index in [0.29, 0.717) is 0 Å². The maximum atomic E-state index is 13.6. The average molecular weight is 454 g/mol. The van der Waals surface area contributed by atoms with Crippen LogP contribution in [0.2, 0.25) is 0 Å². The van der Waals surface area contributed by atoms with Gasteiger partial charge in [-0.05, 0) is 43.0 Å². The van der Waals surface area contributed by atoms with Gasteiger partial charge in [-0.15, -0.1) is 0 Å². The molecule has 5 nitrogen and oxygen atoms in total. The molecule has 31 heavy (non-hydrogen) atoms. The van der Waals surface area contributed by atoms with Crippen LogP contribution in [-0.4, -0.2) is 40.6 Å². The first-order valence-electron chi connectivity index (χ1n) is 9.88. The summed E-state index contributed by atoms with van der Waals surface area (Å²) in [6.45, 7) is 0.0642. The van der Waals surface area contributed by atoms with E-state index < -0.39 is 24.9 Å². The second-order valence-electron chi connectivity index (χ2n) is 7.53. The van der Waals surface area contributed by atoms with Gasteiger partial charge in [-0.2, -0.15) is 0 Å². The molecule has 3 aromatic rings. The quantitative estimate of drug-likeness (QED) is 0.586. The minimum absolute atomic E-state index is 0.0642. The zero-order chi connectivity index (χ0) is 22.1. The molecule has 2 atom stereocenters. The van der Waals surface area contributed by atoms with Crippen molar-refractivity contribution in [1.29, 1.82) is 0 Å². The molecule has 1 heterocycles. The second-order valence-corrected chi connectivity index (χ2v) is 11.6.